The molecule has 108 valence electrons. The van der Waals surface area contributed by atoms with Gasteiger partial charge in [-0.05, 0) is 44.6 Å². The van der Waals surface area contributed by atoms with E-state index in [9.17, 15) is 0 Å². The van der Waals surface area contributed by atoms with Crippen LogP contribution in [-0.2, 0) is 6.42 Å². The maximum Gasteiger partial charge on any atom is 0.0943 e. The van der Waals surface area contributed by atoms with E-state index < -0.39 is 0 Å². The highest BCUT2D eigenvalue weighted by atomic mass is 32.1. The lowest BCUT2D eigenvalue weighted by Gasteiger charge is -2.37. The standard InChI is InChI=1S/C16H28N2S/c1-4-10-17-14(11-15-18-13(3)12-19-15)16(5-2)8-6-7-9-16/h12,14,17H,4-11H2,1-3H3. The lowest BCUT2D eigenvalue weighted by molar-refractivity contribution is 0.184. The molecule has 1 atom stereocenters. The molecule has 0 bridgehead atoms. The van der Waals surface area contributed by atoms with Gasteiger partial charge in [-0.25, -0.2) is 4.98 Å². The Labute approximate surface area is 122 Å². The van der Waals surface area contributed by atoms with Crippen molar-refractivity contribution in [2.75, 3.05) is 6.54 Å². The number of hydrogen-bond donors (Lipinski definition) is 1. The van der Waals surface area contributed by atoms with Crippen LogP contribution in [0.4, 0.5) is 0 Å². The molecule has 0 saturated heterocycles. The summed E-state index contributed by atoms with van der Waals surface area (Å²) in [4.78, 5) is 4.67. The minimum absolute atomic E-state index is 0.523. The molecule has 2 nitrogen and oxygen atoms in total. The number of hydrogen-bond acceptors (Lipinski definition) is 3. The fourth-order valence-electron chi connectivity index (χ4n) is 3.52. The van der Waals surface area contributed by atoms with E-state index in [1.807, 2.05) is 11.3 Å². The Morgan fingerprint density at radius 1 is 1.37 bits per heavy atom. The maximum absolute atomic E-state index is 4.67. The first-order valence-electron chi connectivity index (χ1n) is 7.84. The van der Waals surface area contributed by atoms with E-state index in [1.54, 1.807) is 0 Å². The van der Waals surface area contributed by atoms with Crippen molar-refractivity contribution in [3.8, 4) is 0 Å². The Morgan fingerprint density at radius 3 is 2.63 bits per heavy atom. The Kier molecular flexibility index (Phi) is 5.40. The van der Waals surface area contributed by atoms with Crippen LogP contribution in [0.3, 0.4) is 0 Å². The van der Waals surface area contributed by atoms with Crippen molar-refractivity contribution in [2.24, 2.45) is 5.41 Å². The van der Waals surface area contributed by atoms with E-state index in [0.717, 1.165) is 13.0 Å². The number of aryl methyl sites for hydroxylation is 1. The molecule has 19 heavy (non-hydrogen) atoms. The highest BCUT2D eigenvalue weighted by molar-refractivity contribution is 7.09. The van der Waals surface area contributed by atoms with Gasteiger partial charge in [-0.1, -0.05) is 26.7 Å². The van der Waals surface area contributed by atoms with Crippen molar-refractivity contribution < 1.29 is 0 Å². The van der Waals surface area contributed by atoms with Crippen LogP contribution in [0.1, 0.15) is 63.1 Å². The molecule has 0 aromatic carbocycles. The molecule has 1 aromatic rings. The fraction of sp³-hybridized carbons (Fsp3) is 0.812. The summed E-state index contributed by atoms with van der Waals surface area (Å²) in [5.74, 6) is 0. The van der Waals surface area contributed by atoms with Crippen LogP contribution in [0.5, 0.6) is 0 Å². The highest BCUT2D eigenvalue weighted by Gasteiger charge is 2.39. The summed E-state index contributed by atoms with van der Waals surface area (Å²) in [7, 11) is 0. The summed E-state index contributed by atoms with van der Waals surface area (Å²) in [6.07, 6.45) is 9.26. The molecule has 1 saturated carbocycles. The summed E-state index contributed by atoms with van der Waals surface area (Å²) in [5, 5.41) is 7.32. The summed E-state index contributed by atoms with van der Waals surface area (Å²) < 4.78 is 0. The molecule has 0 radical (unpaired) electrons. The topological polar surface area (TPSA) is 24.9 Å². The summed E-state index contributed by atoms with van der Waals surface area (Å²) >= 11 is 1.83. The van der Waals surface area contributed by atoms with Crippen LogP contribution < -0.4 is 5.32 Å². The molecule has 0 aliphatic heterocycles. The molecule has 1 N–H and O–H groups in total. The Balaban J connectivity index is 2.10. The van der Waals surface area contributed by atoms with Gasteiger partial charge in [-0.15, -0.1) is 11.3 Å². The van der Waals surface area contributed by atoms with Crippen LogP contribution in [0, 0.1) is 12.3 Å². The van der Waals surface area contributed by atoms with Crippen LogP contribution in [0.2, 0.25) is 0 Å². The Morgan fingerprint density at radius 2 is 2.11 bits per heavy atom. The molecule has 1 heterocycles. The van der Waals surface area contributed by atoms with E-state index in [0.29, 0.717) is 11.5 Å². The predicted octanol–water partition coefficient (Wildman–Crippen LogP) is 4.33. The van der Waals surface area contributed by atoms with E-state index in [2.05, 4.69) is 36.5 Å². The Bertz CT molecular complexity index is 380. The monoisotopic (exact) mass is 280 g/mol. The van der Waals surface area contributed by atoms with Gasteiger partial charge >= 0.3 is 0 Å². The fourth-order valence-corrected chi connectivity index (χ4v) is 4.34. The zero-order valence-corrected chi connectivity index (χ0v) is 13.5. The first-order valence-corrected chi connectivity index (χ1v) is 8.72. The van der Waals surface area contributed by atoms with Crippen LogP contribution in [0.15, 0.2) is 5.38 Å². The van der Waals surface area contributed by atoms with E-state index in [1.165, 1.54) is 49.2 Å². The maximum atomic E-state index is 4.67. The smallest absolute Gasteiger partial charge is 0.0943 e. The molecule has 1 unspecified atom stereocenters. The zero-order valence-electron chi connectivity index (χ0n) is 12.7. The minimum atomic E-state index is 0.523. The summed E-state index contributed by atoms with van der Waals surface area (Å²) in [5.41, 5.74) is 1.69. The van der Waals surface area contributed by atoms with Crippen molar-refractivity contribution in [3.63, 3.8) is 0 Å². The van der Waals surface area contributed by atoms with Crippen LogP contribution in [0.25, 0.3) is 0 Å². The molecule has 3 heteroatoms. The van der Waals surface area contributed by atoms with Crippen molar-refractivity contribution in [2.45, 2.75) is 71.8 Å². The second kappa shape index (κ2) is 6.85. The van der Waals surface area contributed by atoms with Gasteiger partial charge in [0.1, 0.15) is 0 Å². The van der Waals surface area contributed by atoms with Gasteiger partial charge in [-0.2, -0.15) is 0 Å². The van der Waals surface area contributed by atoms with E-state index >= 15 is 0 Å². The molecule has 0 spiro atoms. The molecular formula is C16H28N2S. The zero-order chi connectivity index (χ0) is 13.7. The van der Waals surface area contributed by atoms with Crippen molar-refractivity contribution in [1.29, 1.82) is 0 Å². The third-order valence-corrected chi connectivity index (χ3v) is 5.72. The van der Waals surface area contributed by atoms with Gasteiger partial charge < -0.3 is 5.32 Å². The van der Waals surface area contributed by atoms with E-state index in [-0.39, 0.29) is 0 Å². The third kappa shape index (κ3) is 3.57. The van der Waals surface area contributed by atoms with Crippen molar-refractivity contribution >= 4 is 11.3 Å². The highest BCUT2D eigenvalue weighted by Crippen LogP contribution is 2.44. The third-order valence-electron chi connectivity index (χ3n) is 4.73. The van der Waals surface area contributed by atoms with Crippen molar-refractivity contribution in [3.05, 3.63) is 16.1 Å². The molecule has 0 amide bonds. The van der Waals surface area contributed by atoms with Gasteiger partial charge in [0.2, 0.25) is 0 Å². The van der Waals surface area contributed by atoms with Gasteiger partial charge in [0.05, 0.1) is 5.01 Å². The number of thiazole rings is 1. The molecule has 1 aliphatic carbocycles. The number of nitrogens with zero attached hydrogens (tertiary/aromatic N) is 1. The number of nitrogens with one attached hydrogen (secondary N) is 1. The molecule has 1 fully saturated rings. The normalized spacial score (nSPS) is 19.7. The first-order chi connectivity index (χ1) is 9.20. The predicted molar refractivity (Wildman–Crippen MR) is 83.8 cm³/mol. The van der Waals surface area contributed by atoms with Gasteiger partial charge in [0, 0.05) is 23.5 Å². The molecular weight excluding hydrogens is 252 g/mol. The van der Waals surface area contributed by atoms with Crippen LogP contribution >= 0.6 is 11.3 Å². The Hall–Kier alpha value is -0.410. The average molecular weight is 280 g/mol. The second-order valence-electron chi connectivity index (χ2n) is 6.02. The lowest BCUT2D eigenvalue weighted by Crippen LogP contribution is -2.45. The molecule has 2 rings (SSSR count). The first kappa shape index (κ1) is 15.0. The average Bonchev–Trinajstić information content (AvgIpc) is 3.04. The minimum Gasteiger partial charge on any atom is -0.313 e. The summed E-state index contributed by atoms with van der Waals surface area (Å²) in [6.45, 7) is 7.86. The van der Waals surface area contributed by atoms with Gasteiger partial charge in [0.15, 0.2) is 0 Å². The van der Waals surface area contributed by atoms with Gasteiger partial charge in [-0.3, -0.25) is 0 Å². The molecule has 1 aromatic heterocycles. The SMILES string of the molecule is CCCNC(Cc1nc(C)cs1)C1(CC)CCCC1. The summed E-state index contributed by atoms with van der Waals surface area (Å²) in [6, 6.07) is 0.616. The lowest BCUT2D eigenvalue weighted by atomic mass is 9.75. The number of aromatic nitrogens is 1. The number of rotatable bonds is 7. The largest absolute Gasteiger partial charge is 0.313 e. The van der Waals surface area contributed by atoms with Crippen LogP contribution in [-0.4, -0.2) is 17.6 Å². The second-order valence-corrected chi connectivity index (χ2v) is 6.96. The molecule has 1 aliphatic rings. The quantitative estimate of drug-likeness (QED) is 0.804. The van der Waals surface area contributed by atoms with E-state index in [4.69, 9.17) is 0 Å². The van der Waals surface area contributed by atoms with Gasteiger partial charge in [0.25, 0.3) is 0 Å². The van der Waals surface area contributed by atoms with Crippen molar-refractivity contribution in [1.82, 2.24) is 10.3 Å².